The van der Waals surface area contributed by atoms with Gasteiger partial charge in [0.2, 0.25) is 5.28 Å². The molecule has 1 atom stereocenters. The quantitative estimate of drug-likeness (QED) is 0.456. The van der Waals surface area contributed by atoms with Crippen LogP contribution in [0.4, 0.5) is 5.82 Å². The second kappa shape index (κ2) is 7.31. The zero-order chi connectivity index (χ0) is 18.1. The van der Waals surface area contributed by atoms with E-state index in [2.05, 4.69) is 38.5 Å². The standard InChI is InChI=1S/C18H19Cl2N5O/c19-16-15(26-8-7-21)17(25-18(20)24-16)22-10-5-6-14-12(9-10)11-3-1-2-4-13(11)23-14/h1-4,10,23H,5-9,21H2,(H,22,24,25). The van der Waals surface area contributed by atoms with Crippen molar-refractivity contribution in [2.75, 3.05) is 18.5 Å². The molecule has 26 heavy (non-hydrogen) atoms. The number of aryl methyl sites for hydroxylation is 1. The van der Waals surface area contributed by atoms with Crippen molar-refractivity contribution < 1.29 is 4.74 Å². The lowest BCUT2D eigenvalue weighted by Crippen LogP contribution is -2.28. The topological polar surface area (TPSA) is 88.8 Å². The van der Waals surface area contributed by atoms with Crippen LogP contribution in [0.1, 0.15) is 17.7 Å². The Hall–Kier alpha value is -2.02. The molecule has 0 radical (unpaired) electrons. The second-order valence-corrected chi connectivity index (χ2v) is 7.01. The summed E-state index contributed by atoms with van der Waals surface area (Å²) in [5, 5.41) is 4.98. The highest BCUT2D eigenvalue weighted by Gasteiger charge is 2.24. The third-order valence-electron chi connectivity index (χ3n) is 4.60. The summed E-state index contributed by atoms with van der Waals surface area (Å²) >= 11 is 12.2. The monoisotopic (exact) mass is 391 g/mol. The molecule has 0 spiro atoms. The summed E-state index contributed by atoms with van der Waals surface area (Å²) in [6, 6.07) is 8.58. The van der Waals surface area contributed by atoms with Crippen LogP contribution < -0.4 is 15.8 Å². The molecule has 6 nitrogen and oxygen atoms in total. The molecule has 2 aromatic heterocycles. The summed E-state index contributed by atoms with van der Waals surface area (Å²) in [6.45, 7) is 0.706. The van der Waals surface area contributed by atoms with Gasteiger partial charge in [-0.05, 0) is 42.5 Å². The fourth-order valence-corrected chi connectivity index (χ4v) is 3.91. The highest BCUT2D eigenvalue weighted by molar-refractivity contribution is 6.33. The fraction of sp³-hybridized carbons (Fsp3) is 0.333. The van der Waals surface area contributed by atoms with Gasteiger partial charge in [0.15, 0.2) is 16.7 Å². The van der Waals surface area contributed by atoms with E-state index in [9.17, 15) is 0 Å². The second-order valence-electron chi connectivity index (χ2n) is 6.31. The number of nitrogens with two attached hydrogens (primary N) is 1. The Labute approximate surface area is 161 Å². The van der Waals surface area contributed by atoms with E-state index in [0.717, 1.165) is 19.3 Å². The van der Waals surface area contributed by atoms with Gasteiger partial charge >= 0.3 is 0 Å². The smallest absolute Gasteiger partial charge is 0.226 e. The predicted octanol–water partition coefficient (Wildman–Crippen LogP) is 3.57. The van der Waals surface area contributed by atoms with Crippen molar-refractivity contribution in [2.24, 2.45) is 5.73 Å². The number of halogens is 2. The molecule has 0 saturated carbocycles. The number of rotatable bonds is 5. The molecule has 1 aliphatic rings. The van der Waals surface area contributed by atoms with Crippen LogP contribution in [0.2, 0.25) is 10.4 Å². The van der Waals surface area contributed by atoms with Crippen LogP contribution in [0.5, 0.6) is 5.75 Å². The van der Waals surface area contributed by atoms with Crippen molar-refractivity contribution in [1.82, 2.24) is 15.0 Å². The first kappa shape index (κ1) is 17.4. The molecule has 0 fully saturated rings. The third kappa shape index (κ3) is 3.32. The molecule has 8 heteroatoms. The highest BCUT2D eigenvalue weighted by atomic mass is 35.5. The minimum absolute atomic E-state index is 0.0844. The van der Waals surface area contributed by atoms with E-state index in [0.29, 0.717) is 24.7 Å². The number of benzene rings is 1. The maximum atomic E-state index is 6.18. The predicted molar refractivity (Wildman–Crippen MR) is 104 cm³/mol. The van der Waals surface area contributed by atoms with Crippen molar-refractivity contribution in [2.45, 2.75) is 25.3 Å². The van der Waals surface area contributed by atoms with Gasteiger partial charge in [-0.1, -0.05) is 29.8 Å². The van der Waals surface area contributed by atoms with Crippen LogP contribution in [0.15, 0.2) is 24.3 Å². The van der Waals surface area contributed by atoms with Crippen LogP contribution in [0, 0.1) is 0 Å². The van der Waals surface area contributed by atoms with E-state index in [-0.39, 0.29) is 16.5 Å². The zero-order valence-corrected chi connectivity index (χ0v) is 15.6. The summed E-state index contributed by atoms with van der Waals surface area (Å²) in [6.07, 6.45) is 2.82. The molecule has 136 valence electrons. The van der Waals surface area contributed by atoms with Gasteiger partial charge in [0.1, 0.15) is 6.61 Å². The number of anilines is 1. The number of nitrogens with one attached hydrogen (secondary N) is 2. The summed E-state index contributed by atoms with van der Waals surface area (Å²) in [7, 11) is 0. The van der Waals surface area contributed by atoms with Gasteiger partial charge in [-0.3, -0.25) is 0 Å². The Morgan fingerprint density at radius 2 is 2.12 bits per heavy atom. The maximum absolute atomic E-state index is 6.18. The number of nitrogens with zero attached hydrogens (tertiary/aromatic N) is 2. The lowest BCUT2D eigenvalue weighted by atomic mass is 9.91. The highest BCUT2D eigenvalue weighted by Crippen LogP contribution is 2.34. The molecule has 0 saturated heterocycles. The summed E-state index contributed by atoms with van der Waals surface area (Å²) in [5.41, 5.74) is 9.36. The molecule has 0 aliphatic heterocycles. The van der Waals surface area contributed by atoms with Gasteiger partial charge in [0.05, 0.1) is 0 Å². The molecular formula is C18H19Cl2N5O. The van der Waals surface area contributed by atoms with Gasteiger partial charge in [0.25, 0.3) is 0 Å². The lowest BCUT2D eigenvalue weighted by molar-refractivity contribution is 0.327. The number of aromatic amines is 1. The van der Waals surface area contributed by atoms with Crippen LogP contribution in [-0.2, 0) is 12.8 Å². The van der Waals surface area contributed by atoms with Gasteiger partial charge in [-0.25, -0.2) is 4.98 Å². The van der Waals surface area contributed by atoms with E-state index < -0.39 is 0 Å². The Balaban J connectivity index is 1.60. The molecule has 1 aromatic carbocycles. The number of hydrogen-bond donors (Lipinski definition) is 3. The van der Waals surface area contributed by atoms with Crippen LogP contribution in [-0.4, -0.2) is 34.1 Å². The van der Waals surface area contributed by atoms with E-state index >= 15 is 0 Å². The Bertz CT molecular complexity index is 943. The first-order valence-electron chi connectivity index (χ1n) is 8.56. The van der Waals surface area contributed by atoms with Crippen molar-refractivity contribution in [3.8, 4) is 5.75 Å². The zero-order valence-electron chi connectivity index (χ0n) is 14.1. The lowest BCUT2D eigenvalue weighted by Gasteiger charge is -2.25. The van der Waals surface area contributed by atoms with Crippen LogP contribution in [0.3, 0.4) is 0 Å². The van der Waals surface area contributed by atoms with Gasteiger partial charge in [-0.15, -0.1) is 0 Å². The average Bonchev–Trinajstić information content (AvgIpc) is 2.99. The van der Waals surface area contributed by atoms with E-state index in [4.69, 9.17) is 33.7 Å². The van der Waals surface area contributed by atoms with E-state index in [1.54, 1.807) is 0 Å². The number of fused-ring (bicyclic) bond motifs is 3. The molecule has 4 N–H and O–H groups in total. The maximum Gasteiger partial charge on any atom is 0.226 e. The molecule has 0 bridgehead atoms. The van der Waals surface area contributed by atoms with Crippen molar-refractivity contribution >= 4 is 39.9 Å². The Morgan fingerprint density at radius 3 is 2.96 bits per heavy atom. The summed E-state index contributed by atoms with van der Waals surface area (Å²) in [4.78, 5) is 11.8. The van der Waals surface area contributed by atoms with Crippen molar-refractivity contribution in [3.05, 3.63) is 46.0 Å². The number of aromatic nitrogens is 3. The minimum atomic E-state index is 0.0844. The van der Waals surface area contributed by atoms with E-state index in [1.807, 2.05) is 6.07 Å². The number of H-pyrrole nitrogens is 1. The molecule has 4 rings (SSSR count). The minimum Gasteiger partial charge on any atom is -0.486 e. The van der Waals surface area contributed by atoms with Gasteiger partial charge in [0, 0.05) is 29.2 Å². The molecule has 3 aromatic rings. The first-order valence-corrected chi connectivity index (χ1v) is 9.32. The van der Waals surface area contributed by atoms with Crippen LogP contribution in [0.25, 0.3) is 10.9 Å². The number of ether oxygens (including phenoxy) is 1. The van der Waals surface area contributed by atoms with E-state index in [1.165, 1.54) is 22.2 Å². The summed E-state index contributed by atoms with van der Waals surface area (Å²) in [5.74, 6) is 0.906. The molecule has 2 heterocycles. The SMILES string of the molecule is NCCOc1c(Cl)nc(Cl)nc1NC1CCc2[nH]c3ccccc3c2C1. The van der Waals surface area contributed by atoms with Crippen molar-refractivity contribution in [1.29, 1.82) is 0 Å². The molecule has 1 aliphatic carbocycles. The van der Waals surface area contributed by atoms with Crippen LogP contribution >= 0.6 is 23.2 Å². The number of hydrogen-bond acceptors (Lipinski definition) is 5. The molecule has 1 unspecified atom stereocenters. The normalized spacial score (nSPS) is 16.5. The number of para-hydroxylation sites is 1. The average molecular weight is 392 g/mol. The van der Waals surface area contributed by atoms with Gasteiger partial charge in [-0.2, -0.15) is 4.98 Å². The van der Waals surface area contributed by atoms with Gasteiger partial charge < -0.3 is 20.8 Å². The molecular weight excluding hydrogens is 373 g/mol. The fourth-order valence-electron chi connectivity index (χ4n) is 3.47. The van der Waals surface area contributed by atoms with Crippen molar-refractivity contribution in [3.63, 3.8) is 0 Å². The molecule has 0 amide bonds. The Kier molecular flexibility index (Phi) is 4.89. The first-order chi connectivity index (χ1) is 12.7. The Morgan fingerprint density at radius 1 is 1.27 bits per heavy atom. The summed E-state index contributed by atoms with van der Waals surface area (Å²) < 4.78 is 5.63. The largest absolute Gasteiger partial charge is 0.486 e. The third-order valence-corrected chi connectivity index (χ3v) is 5.02.